The van der Waals surface area contributed by atoms with Crippen LogP contribution in [0.25, 0.3) is 0 Å². The third-order valence-corrected chi connectivity index (χ3v) is 4.82. The van der Waals surface area contributed by atoms with Gasteiger partial charge in [-0.25, -0.2) is 0 Å². The molecule has 2 aromatic rings. The van der Waals surface area contributed by atoms with Gasteiger partial charge < -0.3 is 19.9 Å². The van der Waals surface area contributed by atoms with Gasteiger partial charge in [0.25, 0.3) is 0 Å². The lowest BCUT2D eigenvalue weighted by molar-refractivity contribution is 0.146. The van der Waals surface area contributed by atoms with E-state index < -0.39 is 0 Å². The highest BCUT2D eigenvalue weighted by atomic mass is 16.5. The number of rotatable bonds is 12. The number of guanidine groups is 1. The summed E-state index contributed by atoms with van der Waals surface area (Å²) in [5, 5.41) is 15.1. The summed E-state index contributed by atoms with van der Waals surface area (Å²) in [6.07, 6.45) is 4.62. The van der Waals surface area contributed by atoms with Crippen molar-refractivity contribution >= 4 is 5.96 Å². The van der Waals surface area contributed by atoms with E-state index in [0.717, 1.165) is 63.9 Å². The van der Waals surface area contributed by atoms with Gasteiger partial charge in [-0.05, 0) is 37.8 Å². The number of hydrogen-bond donors (Lipinski definition) is 2. The zero-order chi connectivity index (χ0) is 20.9. The fourth-order valence-corrected chi connectivity index (χ4v) is 3.02. The van der Waals surface area contributed by atoms with Crippen LogP contribution in [0.15, 0.2) is 35.6 Å². The highest BCUT2D eigenvalue weighted by Gasteiger charge is 2.09. The molecule has 160 valence electrons. The van der Waals surface area contributed by atoms with E-state index in [9.17, 15) is 0 Å². The molecular weight excluding hydrogens is 364 g/mol. The average Bonchev–Trinajstić information content (AvgIpc) is 3.21. The Kier molecular flexibility index (Phi) is 10.2. The maximum atomic E-state index is 5.42. The van der Waals surface area contributed by atoms with Crippen molar-refractivity contribution in [1.29, 1.82) is 0 Å². The Balaban J connectivity index is 1.94. The SMILES string of the molecule is CCOCCCN=C(NCCn1cnnc1CC)NC(C)c1ccc(CC)cc1. The fraction of sp³-hybridized carbons (Fsp3) is 0.591. The molecule has 0 bridgehead atoms. The lowest BCUT2D eigenvalue weighted by atomic mass is 10.1. The summed E-state index contributed by atoms with van der Waals surface area (Å²) in [5.74, 6) is 1.82. The highest BCUT2D eigenvalue weighted by Crippen LogP contribution is 2.13. The van der Waals surface area contributed by atoms with Crippen LogP contribution in [0.1, 0.15) is 57.1 Å². The predicted molar refractivity (Wildman–Crippen MR) is 118 cm³/mol. The Bertz CT molecular complexity index is 725. The Morgan fingerprint density at radius 2 is 1.97 bits per heavy atom. The van der Waals surface area contributed by atoms with E-state index in [0.29, 0.717) is 0 Å². The highest BCUT2D eigenvalue weighted by molar-refractivity contribution is 5.80. The molecule has 1 aromatic carbocycles. The first-order valence-corrected chi connectivity index (χ1v) is 10.8. The number of aryl methyl sites for hydroxylation is 2. The molecular formula is C22H36N6O. The topological polar surface area (TPSA) is 76.4 Å². The number of aliphatic imine (C=N–C) groups is 1. The fourth-order valence-electron chi connectivity index (χ4n) is 3.02. The summed E-state index contributed by atoms with van der Waals surface area (Å²) >= 11 is 0. The van der Waals surface area contributed by atoms with Gasteiger partial charge in [0.2, 0.25) is 0 Å². The van der Waals surface area contributed by atoms with E-state index in [2.05, 4.69) is 70.4 Å². The molecule has 1 atom stereocenters. The van der Waals surface area contributed by atoms with Crippen LogP contribution in [0.5, 0.6) is 0 Å². The second-order valence-electron chi connectivity index (χ2n) is 6.96. The van der Waals surface area contributed by atoms with E-state index >= 15 is 0 Å². The molecule has 7 nitrogen and oxygen atoms in total. The van der Waals surface area contributed by atoms with Crippen LogP contribution >= 0.6 is 0 Å². The van der Waals surface area contributed by atoms with Crippen LogP contribution < -0.4 is 10.6 Å². The lowest BCUT2D eigenvalue weighted by Gasteiger charge is -2.19. The lowest BCUT2D eigenvalue weighted by Crippen LogP contribution is -2.40. The number of ether oxygens (including phenoxy) is 1. The van der Waals surface area contributed by atoms with Gasteiger partial charge in [0.1, 0.15) is 12.2 Å². The summed E-state index contributed by atoms with van der Waals surface area (Å²) in [6.45, 7) is 12.2. The van der Waals surface area contributed by atoms with Gasteiger partial charge in [-0.1, -0.05) is 38.1 Å². The number of nitrogens with zero attached hydrogens (tertiary/aromatic N) is 4. The van der Waals surface area contributed by atoms with Crippen molar-refractivity contribution in [3.05, 3.63) is 47.5 Å². The molecule has 0 fully saturated rings. The molecule has 7 heteroatoms. The molecule has 0 saturated heterocycles. The minimum absolute atomic E-state index is 0.167. The monoisotopic (exact) mass is 400 g/mol. The molecule has 0 saturated carbocycles. The quantitative estimate of drug-likeness (QED) is 0.325. The molecule has 0 aliphatic carbocycles. The minimum Gasteiger partial charge on any atom is -0.382 e. The summed E-state index contributed by atoms with van der Waals surface area (Å²) in [7, 11) is 0. The van der Waals surface area contributed by atoms with Crippen molar-refractivity contribution < 1.29 is 4.74 Å². The van der Waals surface area contributed by atoms with E-state index in [4.69, 9.17) is 9.73 Å². The summed E-state index contributed by atoms with van der Waals surface area (Å²) in [5.41, 5.74) is 2.60. The van der Waals surface area contributed by atoms with Crippen LogP contribution in [0.4, 0.5) is 0 Å². The molecule has 2 rings (SSSR count). The smallest absolute Gasteiger partial charge is 0.191 e. The Hall–Kier alpha value is -2.41. The third-order valence-electron chi connectivity index (χ3n) is 4.82. The van der Waals surface area contributed by atoms with Crippen LogP contribution in [0.2, 0.25) is 0 Å². The first-order chi connectivity index (χ1) is 14.2. The molecule has 29 heavy (non-hydrogen) atoms. The summed E-state index contributed by atoms with van der Waals surface area (Å²) in [4.78, 5) is 4.73. The molecule has 2 N–H and O–H groups in total. The number of hydrogen-bond acceptors (Lipinski definition) is 4. The molecule has 1 aromatic heterocycles. The molecule has 1 heterocycles. The van der Waals surface area contributed by atoms with Crippen LogP contribution in [-0.2, 0) is 24.1 Å². The van der Waals surface area contributed by atoms with Crippen molar-refractivity contribution in [2.45, 2.75) is 59.5 Å². The van der Waals surface area contributed by atoms with E-state index in [1.54, 1.807) is 6.33 Å². The number of benzene rings is 1. The van der Waals surface area contributed by atoms with Gasteiger partial charge in [-0.15, -0.1) is 10.2 Å². The van der Waals surface area contributed by atoms with E-state index in [1.165, 1.54) is 11.1 Å². The van der Waals surface area contributed by atoms with E-state index in [1.807, 2.05) is 6.92 Å². The molecule has 0 radical (unpaired) electrons. The molecule has 0 aliphatic rings. The van der Waals surface area contributed by atoms with Crippen molar-refractivity contribution in [1.82, 2.24) is 25.4 Å². The zero-order valence-electron chi connectivity index (χ0n) is 18.3. The van der Waals surface area contributed by atoms with Crippen molar-refractivity contribution in [2.75, 3.05) is 26.3 Å². The second-order valence-corrected chi connectivity index (χ2v) is 6.96. The Morgan fingerprint density at radius 3 is 2.66 bits per heavy atom. The predicted octanol–water partition coefficient (Wildman–Crippen LogP) is 3.13. The van der Waals surface area contributed by atoms with Gasteiger partial charge in [0.05, 0.1) is 6.04 Å². The van der Waals surface area contributed by atoms with Gasteiger partial charge in [-0.3, -0.25) is 4.99 Å². The third kappa shape index (κ3) is 7.85. The van der Waals surface area contributed by atoms with Gasteiger partial charge in [0, 0.05) is 39.3 Å². The molecule has 0 amide bonds. The first kappa shape index (κ1) is 22.9. The summed E-state index contributed by atoms with van der Waals surface area (Å²) in [6, 6.07) is 8.93. The van der Waals surface area contributed by atoms with Crippen molar-refractivity contribution in [2.24, 2.45) is 4.99 Å². The van der Waals surface area contributed by atoms with Gasteiger partial charge >= 0.3 is 0 Å². The van der Waals surface area contributed by atoms with Crippen molar-refractivity contribution in [3.8, 4) is 0 Å². The molecule has 0 aliphatic heterocycles. The van der Waals surface area contributed by atoms with Gasteiger partial charge in [-0.2, -0.15) is 0 Å². The second kappa shape index (κ2) is 12.9. The molecule has 0 spiro atoms. The van der Waals surface area contributed by atoms with Crippen LogP contribution in [0, 0.1) is 0 Å². The minimum atomic E-state index is 0.167. The standard InChI is InChI=1S/C22H36N6O/c1-5-19-9-11-20(12-10-19)18(4)26-22(23-13-8-16-29-7-3)24-14-15-28-17-25-27-21(28)6-2/h9-12,17-18H,5-8,13-16H2,1-4H3,(H2,23,24,26). The largest absolute Gasteiger partial charge is 0.382 e. The Morgan fingerprint density at radius 1 is 1.17 bits per heavy atom. The number of aromatic nitrogens is 3. The van der Waals surface area contributed by atoms with Crippen LogP contribution in [0.3, 0.4) is 0 Å². The van der Waals surface area contributed by atoms with Crippen LogP contribution in [-0.4, -0.2) is 47.0 Å². The first-order valence-electron chi connectivity index (χ1n) is 10.8. The summed E-state index contributed by atoms with van der Waals surface area (Å²) < 4.78 is 7.49. The van der Waals surface area contributed by atoms with E-state index in [-0.39, 0.29) is 6.04 Å². The maximum absolute atomic E-state index is 5.42. The Labute approximate surface area is 175 Å². The average molecular weight is 401 g/mol. The normalized spacial score (nSPS) is 12.8. The molecule has 1 unspecified atom stereocenters. The maximum Gasteiger partial charge on any atom is 0.191 e. The zero-order valence-corrected chi connectivity index (χ0v) is 18.3. The number of nitrogens with one attached hydrogen (secondary N) is 2. The van der Waals surface area contributed by atoms with Gasteiger partial charge in [0.15, 0.2) is 5.96 Å². The van der Waals surface area contributed by atoms with Crippen molar-refractivity contribution in [3.63, 3.8) is 0 Å².